The van der Waals surface area contributed by atoms with Crippen LogP contribution in [0.5, 0.6) is 0 Å². The number of hydrogen-bond donors (Lipinski definition) is 1. The van der Waals surface area contributed by atoms with Gasteiger partial charge in [0.1, 0.15) is 6.29 Å². The van der Waals surface area contributed by atoms with E-state index in [4.69, 9.17) is 0 Å². The molecule has 2 aliphatic rings. The maximum Gasteiger partial charge on any atom is 0.123 e. The van der Waals surface area contributed by atoms with E-state index in [0.29, 0.717) is 5.92 Å². The fourth-order valence-corrected chi connectivity index (χ4v) is 3.29. The van der Waals surface area contributed by atoms with Crippen LogP contribution in [-0.4, -0.2) is 44.4 Å². The van der Waals surface area contributed by atoms with Crippen molar-refractivity contribution < 1.29 is 4.79 Å². The molecular weight excluding hydrogens is 224 g/mol. The molecule has 0 radical (unpaired) electrons. The number of carbonyl (C=O) groups is 1. The number of nitrogens with one attached hydrogen (secondary N) is 1. The molecule has 0 atom stereocenters. The Bertz CT molecular complexity index is 241. The van der Waals surface area contributed by atoms with Gasteiger partial charge in [0.15, 0.2) is 0 Å². The van der Waals surface area contributed by atoms with Gasteiger partial charge in [0.25, 0.3) is 0 Å². The molecule has 1 aliphatic heterocycles. The third kappa shape index (κ3) is 4.36. The van der Waals surface area contributed by atoms with Crippen LogP contribution in [0.2, 0.25) is 0 Å². The molecule has 18 heavy (non-hydrogen) atoms. The number of rotatable bonds is 5. The molecule has 104 valence electrons. The molecule has 0 spiro atoms. The first kappa shape index (κ1) is 14.0. The van der Waals surface area contributed by atoms with Crippen molar-refractivity contribution in [2.45, 2.75) is 38.5 Å². The molecule has 0 unspecified atom stereocenters. The van der Waals surface area contributed by atoms with E-state index in [0.717, 1.165) is 37.5 Å². The SMILES string of the molecule is CN1CCC(CNCC2CCC(C=O)CC2)CC1. The monoisotopic (exact) mass is 252 g/mol. The molecule has 1 aliphatic carbocycles. The summed E-state index contributed by atoms with van der Waals surface area (Å²) < 4.78 is 0. The van der Waals surface area contributed by atoms with Crippen LogP contribution in [0.1, 0.15) is 38.5 Å². The highest BCUT2D eigenvalue weighted by atomic mass is 16.1. The Morgan fingerprint density at radius 2 is 1.56 bits per heavy atom. The number of aldehydes is 1. The second kappa shape index (κ2) is 7.25. The molecule has 2 fully saturated rings. The van der Waals surface area contributed by atoms with E-state index in [2.05, 4.69) is 17.3 Å². The van der Waals surface area contributed by atoms with Gasteiger partial charge in [0.05, 0.1) is 0 Å². The normalized spacial score (nSPS) is 31.4. The van der Waals surface area contributed by atoms with Crippen LogP contribution in [0.4, 0.5) is 0 Å². The summed E-state index contributed by atoms with van der Waals surface area (Å²) in [5, 5.41) is 3.67. The van der Waals surface area contributed by atoms with Gasteiger partial charge in [-0.15, -0.1) is 0 Å². The summed E-state index contributed by atoms with van der Waals surface area (Å²) in [7, 11) is 2.22. The maximum absolute atomic E-state index is 10.7. The smallest absolute Gasteiger partial charge is 0.123 e. The molecule has 0 aromatic heterocycles. The first-order valence-electron chi connectivity index (χ1n) is 7.62. The van der Waals surface area contributed by atoms with Crippen LogP contribution < -0.4 is 5.32 Å². The summed E-state index contributed by atoms with van der Waals surface area (Å²) in [5.74, 6) is 2.05. The molecule has 3 heteroatoms. The van der Waals surface area contributed by atoms with E-state index >= 15 is 0 Å². The highest BCUT2D eigenvalue weighted by Crippen LogP contribution is 2.27. The zero-order valence-electron chi connectivity index (χ0n) is 11.7. The second-order valence-corrected chi connectivity index (χ2v) is 6.32. The van der Waals surface area contributed by atoms with Gasteiger partial charge in [-0.05, 0) is 83.6 Å². The van der Waals surface area contributed by atoms with Gasteiger partial charge in [0, 0.05) is 5.92 Å². The minimum Gasteiger partial charge on any atom is -0.316 e. The van der Waals surface area contributed by atoms with E-state index < -0.39 is 0 Å². The fraction of sp³-hybridized carbons (Fsp3) is 0.933. The van der Waals surface area contributed by atoms with Crippen molar-refractivity contribution in [1.29, 1.82) is 0 Å². The maximum atomic E-state index is 10.7. The van der Waals surface area contributed by atoms with Gasteiger partial charge in [-0.3, -0.25) is 0 Å². The Morgan fingerprint density at radius 3 is 2.11 bits per heavy atom. The lowest BCUT2D eigenvalue weighted by Gasteiger charge is -2.30. The second-order valence-electron chi connectivity index (χ2n) is 6.32. The van der Waals surface area contributed by atoms with E-state index in [1.54, 1.807) is 0 Å². The Labute approximate surface area is 111 Å². The predicted octanol–water partition coefficient (Wildman–Crippen LogP) is 1.92. The Kier molecular flexibility index (Phi) is 5.64. The molecule has 0 aromatic carbocycles. The third-order valence-corrected chi connectivity index (χ3v) is 4.79. The molecule has 1 heterocycles. The van der Waals surface area contributed by atoms with Gasteiger partial charge in [-0.25, -0.2) is 0 Å². The minimum atomic E-state index is 0.357. The average Bonchev–Trinajstić information content (AvgIpc) is 2.42. The van der Waals surface area contributed by atoms with E-state index in [1.807, 2.05) is 0 Å². The van der Waals surface area contributed by atoms with Crippen molar-refractivity contribution in [2.24, 2.45) is 17.8 Å². The first-order chi connectivity index (χ1) is 8.78. The quantitative estimate of drug-likeness (QED) is 0.759. The van der Waals surface area contributed by atoms with E-state index in [-0.39, 0.29) is 0 Å². The topological polar surface area (TPSA) is 32.3 Å². The lowest BCUT2D eigenvalue weighted by atomic mass is 9.82. The minimum absolute atomic E-state index is 0.357. The van der Waals surface area contributed by atoms with Crippen LogP contribution in [0.25, 0.3) is 0 Å². The summed E-state index contributed by atoms with van der Waals surface area (Å²) in [4.78, 5) is 13.1. The van der Waals surface area contributed by atoms with E-state index in [9.17, 15) is 4.79 Å². The van der Waals surface area contributed by atoms with Crippen molar-refractivity contribution in [1.82, 2.24) is 10.2 Å². The molecule has 1 saturated carbocycles. The molecule has 1 saturated heterocycles. The van der Waals surface area contributed by atoms with Crippen molar-refractivity contribution in [2.75, 3.05) is 33.2 Å². The molecule has 0 bridgehead atoms. The van der Waals surface area contributed by atoms with Crippen LogP contribution >= 0.6 is 0 Å². The zero-order chi connectivity index (χ0) is 12.8. The number of likely N-dealkylation sites (tertiary alicyclic amines) is 1. The Morgan fingerprint density at radius 1 is 1.00 bits per heavy atom. The molecule has 0 amide bonds. The molecule has 2 rings (SSSR count). The summed E-state index contributed by atoms with van der Waals surface area (Å²) in [5.41, 5.74) is 0. The number of carbonyl (C=O) groups excluding carboxylic acids is 1. The fourth-order valence-electron chi connectivity index (χ4n) is 3.29. The largest absolute Gasteiger partial charge is 0.316 e. The van der Waals surface area contributed by atoms with Gasteiger partial charge < -0.3 is 15.0 Å². The number of nitrogens with zero attached hydrogens (tertiary/aromatic N) is 1. The van der Waals surface area contributed by atoms with Gasteiger partial charge in [0.2, 0.25) is 0 Å². The highest BCUT2D eigenvalue weighted by Gasteiger charge is 2.21. The van der Waals surface area contributed by atoms with Crippen LogP contribution in [0.15, 0.2) is 0 Å². The lowest BCUT2D eigenvalue weighted by Crippen LogP contribution is -2.36. The van der Waals surface area contributed by atoms with Crippen molar-refractivity contribution >= 4 is 6.29 Å². The number of hydrogen-bond acceptors (Lipinski definition) is 3. The van der Waals surface area contributed by atoms with Crippen molar-refractivity contribution in [3.63, 3.8) is 0 Å². The predicted molar refractivity (Wildman–Crippen MR) is 74.6 cm³/mol. The summed E-state index contributed by atoms with van der Waals surface area (Å²) in [6.07, 6.45) is 8.56. The average molecular weight is 252 g/mol. The molecule has 0 aromatic rings. The third-order valence-electron chi connectivity index (χ3n) is 4.79. The molecule has 3 nitrogen and oxygen atoms in total. The molecular formula is C15H28N2O. The standard InChI is InChI=1S/C15H28N2O/c1-17-8-6-14(7-9-17)11-16-10-13-2-4-15(12-18)5-3-13/h12-16H,2-11H2,1H3. The van der Waals surface area contributed by atoms with Crippen molar-refractivity contribution in [3.8, 4) is 0 Å². The van der Waals surface area contributed by atoms with Gasteiger partial charge in [-0.2, -0.15) is 0 Å². The van der Waals surface area contributed by atoms with E-state index in [1.165, 1.54) is 45.3 Å². The first-order valence-corrected chi connectivity index (χ1v) is 7.62. The van der Waals surface area contributed by atoms with Crippen LogP contribution in [0, 0.1) is 17.8 Å². The summed E-state index contributed by atoms with van der Waals surface area (Å²) in [6.45, 7) is 4.88. The van der Waals surface area contributed by atoms with Crippen LogP contribution in [0.3, 0.4) is 0 Å². The highest BCUT2D eigenvalue weighted by molar-refractivity contribution is 5.53. The van der Waals surface area contributed by atoms with Gasteiger partial charge in [-0.1, -0.05) is 0 Å². The lowest BCUT2D eigenvalue weighted by molar-refractivity contribution is -0.112. The summed E-state index contributed by atoms with van der Waals surface area (Å²) in [6, 6.07) is 0. The van der Waals surface area contributed by atoms with Crippen LogP contribution in [-0.2, 0) is 4.79 Å². The Balaban J connectivity index is 1.54. The summed E-state index contributed by atoms with van der Waals surface area (Å²) >= 11 is 0. The van der Waals surface area contributed by atoms with Crippen molar-refractivity contribution in [3.05, 3.63) is 0 Å². The zero-order valence-corrected chi connectivity index (χ0v) is 11.7. The Hall–Kier alpha value is -0.410. The van der Waals surface area contributed by atoms with Gasteiger partial charge >= 0.3 is 0 Å². The number of piperidine rings is 1. The molecule has 1 N–H and O–H groups in total.